The van der Waals surface area contributed by atoms with Gasteiger partial charge in [0.25, 0.3) is 0 Å². The SMILES string of the molecule is CC[NH+]=C(/C=C/C1=C(Cl)C(=C/C=C2/N(CCCCCC(C)=O)C3=C(C=CCC3)C2(C)C)/CCC1)C(C)(C)c1ccccc1.[Br-]. The first kappa shape index (κ1) is 36.0. The molecule has 1 aromatic carbocycles. The second-order valence-electron chi connectivity index (χ2n) is 13.3. The molecule has 1 heterocycles. The third-order valence-electron chi connectivity index (χ3n) is 9.37. The van der Waals surface area contributed by atoms with Gasteiger partial charge in [-0.1, -0.05) is 86.5 Å². The van der Waals surface area contributed by atoms with E-state index in [0.29, 0.717) is 12.2 Å². The Hall–Kier alpha value is -2.43. The van der Waals surface area contributed by atoms with Gasteiger partial charge < -0.3 is 26.7 Å². The lowest BCUT2D eigenvalue weighted by molar-refractivity contribution is -0.454. The second kappa shape index (κ2) is 16.2. The predicted octanol–water partition coefficient (Wildman–Crippen LogP) is 5.65. The number of nitrogens with one attached hydrogen (secondary N) is 1. The third-order valence-corrected chi connectivity index (χ3v) is 9.86. The highest BCUT2D eigenvalue weighted by atomic mass is 79.9. The summed E-state index contributed by atoms with van der Waals surface area (Å²) in [5.74, 6) is 0.291. The summed E-state index contributed by atoms with van der Waals surface area (Å²) >= 11 is 7.14. The molecule has 0 fully saturated rings. The number of carbonyl (C=O) groups is 1. The van der Waals surface area contributed by atoms with Gasteiger partial charge in [0.05, 0.1) is 5.41 Å². The molecule has 5 heteroatoms. The van der Waals surface area contributed by atoms with Crippen LogP contribution in [0.5, 0.6) is 0 Å². The molecule has 2 aliphatic carbocycles. The number of hydrogen-bond donors (Lipinski definition) is 1. The minimum atomic E-state index is -0.136. The Kier molecular flexibility index (Phi) is 13.3. The van der Waals surface area contributed by atoms with E-state index in [4.69, 9.17) is 11.6 Å². The number of halogens is 2. The van der Waals surface area contributed by atoms with Crippen LogP contribution in [0.3, 0.4) is 0 Å². The van der Waals surface area contributed by atoms with Gasteiger partial charge in [0.2, 0.25) is 0 Å². The van der Waals surface area contributed by atoms with E-state index in [0.717, 1.165) is 69.5 Å². The number of nitrogens with zero attached hydrogens (tertiary/aromatic N) is 1. The van der Waals surface area contributed by atoms with Crippen molar-refractivity contribution in [2.75, 3.05) is 13.1 Å². The quantitative estimate of drug-likeness (QED) is 0.229. The monoisotopic (exact) mass is 678 g/mol. The molecule has 0 unspecified atom stereocenters. The topological polar surface area (TPSA) is 34.3 Å². The molecule has 238 valence electrons. The molecule has 0 atom stereocenters. The van der Waals surface area contributed by atoms with Crippen LogP contribution in [0.2, 0.25) is 0 Å². The molecule has 3 aliphatic rings. The fourth-order valence-electron chi connectivity index (χ4n) is 6.76. The number of rotatable bonds is 12. The molecular weight excluding hydrogens is 628 g/mol. The van der Waals surface area contributed by atoms with Crippen LogP contribution in [-0.2, 0) is 10.2 Å². The summed E-state index contributed by atoms with van der Waals surface area (Å²) in [6, 6.07) is 10.7. The first-order valence-electron chi connectivity index (χ1n) is 16.4. The molecule has 3 nitrogen and oxygen atoms in total. The zero-order chi connectivity index (χ0) is 31.0. The number of Topliss-reactive ketones (excluding diaryl/α,β-unsaturated/α-hetero) is 1. The molecule has 0 aromatic heterocycles. The van der Waals surface area contributed by atoms with Gasteiger partial charge in [-0.3, -0.25) is 0 Å². The van der Waals surface area contributed by atoms with Crippen LogP contribution in [0, 0.1) is 5.41 Å². The van der Waals surface area contributed by atoms with Crippen LogP contribution in [0.25, 0.3) is 0 Å². The Morgan fingerprint density at radius 3 is 2.52 bits per heavy atom. The Morgan fingerprint density at radius 2 is 1.82 bits per heavy atom. The summed E-state index contributed by atoms with van der Waals surface area (Å²) in [5.41, 5.74) is 9.04. The van der Waals surface area contributed by atoms with Gasteiger partial charge in [0, 0.05) is 40.9 Å². The summed E-state index contributed by atoms with van der Waals surface area (Å²) in [6.45, 7) is 15.0. The zero-order valence-electron chi connectivity index (χ0n) is 27.7. The molecule has 0 saturated heterocycles. The van der Waals surface area contributed by atoms with E-state index in [1.807, 2.05) is 0 Å². The van der Waals surface area contributed by atoms with Crippen molar-refractivity contribution in [1.29, 1.82) is 0 Å². The molecule has 4 rings (SSSR count). The summed E-state index contributed by atoms with van der Waals surface area (Å²) in [6.07, 6.45) is 22.9. The Morgan fingerprint density at radius 1 is 1.07 bits per heavy atom. The van der Waals surface area contributed by atoms with Crippen molar-refractivity contribution in [1.82, 2.24) is 4.90 Å². The summed E-state index contributed by atoms with van der Waals surface area (Å²) in [5, 5.41) is 0.900. The van der Waals surface area contributed by atoms with Crippen molar-refractivity contribution in [2.45, 2.75) is 105 Å². The van der Waals surface area contributed by atoms with E-state index in [-0.39, 0.29) is 27.8 Å². The highest BCUT2D eigenvalue weighted by molar-refractivity contribution is 6.32. The molecule has 1 aromatic rings. The average molecular weight is 680 g/mol. The lowest BCUT2D eigenvalue weighted by Gasteiger charge is -2.29. The fourth-order valence-corrected chi connectivity index (χ4v) is 7.07. The van der Waals surface area contributed by atoms with Crippen LogP contribution in [0.1, 0.15) is 105 Å². The molecule has 1 aliphatic heterocycles. The van der Waals surface area contributed by atoms with Crippen LogP contribution in [0.4, 0.5) is 0 Å². The van der Waals surface area contributed by atoms with Gasteiger partial charge in [0.15, 0.2) is 5.71 Å². The molecule has 0 spiro atoms. The number of hydrogen-bond acceptors (Lipinski definition) is 2. The van der Waals surface area contributed by atoms with Crippen molar-refractivity contribution in [2.24, 2.45) is 5.41 Å². The fraction of sp³-hybridized carbons (Fsp3) is 0.487. The highest BCUT2D eigenvalue weighted by Crippen LogP contribution is 2.50. The molecule has 44 heavy (non-hydrogen) atoms. The normalized spacial score (nSPS) is 20.6. The summed E-state index contributed by atoms with van der Waals surface area (Å²) in [7, 11) is 0. The van der Waals surface area contributed by atoms with Gasteiger partial charge in [-0.15, -0.1) is 0 Å². The maximum Gasteiger partial charge on any atom is 0.184 e. The largest absolute Gasteiger partial charge is 1.00 e. The molecule has 0 radical (unpaired) electrons. The van der Waals surface area contributed by atoms with Gasteiger partial charge in [-0.05, 0) is 101 Å². The van der Waals surface area contributed by atoms with E-state index in [2.05, 4.69) is 111 Å². The lowest BCUT2D eigenvalue weighted by atomic mass is 9.79. The molecule has 0 bridgehead atoms. The maximum absolute atomic E-state index is 11.4. The first-order chi connectivity index (χ1) is 20.6. The van der Waals surface area contributed by atoms with Gasteiger partial charge in [-0.2, -0.15) is 0 Å². The number of carbonyl (C=O) groups excluding carboxylic acids is 1. The Balaban J connectivity index is 0.00000529. The first-order valence-corrected chi connectivity index (χ1v) is 16.8. The minimum Gasteiger partial charge on any atom is -1.00 e. The van der Waals surface area contributed by atoms with Crippen LogP contribution < -0.4 is 22.0 Å². The Labute approximate surface area is 282 Å². The van der Waals surface area contributed by atoms with Crippen molar-refractivity contribution in [3.8, 4) is 0 Å². The minimum absolute atomic E-state index is 0. The van der Waals surface area contributed by atoms with E-state index >= 15 is 0 Å². The second-order valence-corrected chi connectivity index (χ2v) is 13.7. The van der Waals surface area contributed by atoms with Gasteiger partial charge in [-0.25, -0.2) is 4.99 Å². The van der Waals surface area contributed by atoms with E-state index < -0.39 is 0 Å². The van der Waals surface area contributed by atoms with Crippen molar-refractivity contribution < 1.29 is 26.8 Å². The van der Waals surface area contributed by atoms with Crippen molar-refractivity contribution in [3.63, 3.8) is 0 Å². The average Bonchev–Trinajstić information content (AvgIpc) is 3.20. The van der Waals surface area contributed by atoms with E-state index in [1.165, 1.54) is 39.4 Å². The van der Waals surface area contributed by atoms with Gasteiger partial charge in [0.1, 0.15) is 12.3 Å². The Bertz CT molecular complexity index is 1390. The van der Waals surface area contributed by atoms with Crippen molar-refractivity contribution in [3.05, 3.63) is 105 Å². The van der Waals surface area contributed by atoms with Crippen molar-refractivity contribution >= 4 is 23.1 Å². The standard InChI is InChI=1S/C39H51ClN2O.BrH/c1-7-41-35(38(3,4)32-20-11-8-12-21-32)26-24-30-18-16-19-31(37(30)40)25-27-36-39(5,6)33-22-13-14-23-34(33)42(36)28-15-9-10-17-29(2)43;/h8,11-13,20-22,24-27H,7,9-10,14-19,23,28H2,1-6H3;1H/b26-24+,31-25+,36-27+,41-35?;. The smallest absolute Gasteiger partial charge is 0.184 e. The maximum atomic E-state index is 11.4. The molecular formula is C39H52BrClN2O. The number of allylic oxidation sites excluding steroid dienone is 11. The predicted molar refractivity (Wildman–Crippen MR) is 183 cm³/mol. The van der Waals surface area contributed by atoms with E-state index in [1.54, 1.807) is 6.92 Å². The number of unbranched alkanes of at least 4 members (excludes halogenated alkanes) is 2. The van der Waals surface area contributed by atoms with Gasteiger partial charge >= 0.3 is 0 Å². The van der Waals surface area contributed by atoms with E-state index in [9.17, 15) is 4.79 Å². The van der Waals surface area contributed by atoms with Crippen LogP contribution in [0.15, 0.2) is 99.9 Å². The van der Waals surface area contributed by atoms with Crippen LogP contribution >= 0.6 is 11.6 Å². The summed E-state index contributed by atoms with van der Waals surface area (Å²) in [4.78, 5) is 17.6. The highest BCUT2D eigenvalue weighted by Gasteiger charge is 2.41. The lowest BCUT2D eigenvalue weighted by Crippen LogP contribution is -3.00. The number of ketones is 1. The summed E-state index contributed by atoms with van der Waals surface area (Å²) < 4.78 is 0. The molecule has 0 saturated carbocycles. The zero-order valence-corrected chi connectivity index (χ0v) is 30.1. The van der Waals surface area contributed by atoms with Crippen LogP contribution in [-0.4, -0.2) is 29.5 Å². The third kappa shape index (κ3) is 8.43. The molecule has 1 N–H and O–H groups in total. The molecule has 0 amide bonds. The number of benzene rings is 1.